The van der Waals surface area contributed by atoms with Gasteiger partial charge in [0, 0.05) is 11.5 Å². The van der Waals surface area contributed by atoms with Crippen LogP contribution >= 0.6 is 11.3 Å². The van der Waals surface area contributed by atoms with E-state index < -0.39 is 5.91 Å². The van der Waals surface area contributed by atoms with Gasteiger partial charge in [-0.05, 0) is 31.4 Å². The zero-order valence-corrected chi connectivity index (χ0v) is 15.6. The molecule has 27 heavy (non-hydrogen) atoms. The number of hydrogen-bond donors (Lipinski definition) is 2. The molecule has 0 aliphatic heterocycles. The van der Waals surface area contributed by atoms with Gasteiger partial charge in [0.2, 0.25) is 0 Å². The lowest BCUT2D eigenvalue weighted by atomic mass is 10.1. The van der Waals surface area contributed by atoms with E-state index in [1.54, 1.807) is 41.7 Å². The summed E-state index contributed by atoms with van der Waals surface area (Å²) in [4.78, 5) is 26.5. The number of amides is 1. The number of aromatic nitrogens is 4. The quantitative estimate of drug-likeness (QED) is 0.566. The minimum absolute atomic E-state index is 0.163. The molecule has 0 atom stereocenters. The molecular formula is C19H17N5O2S. The van der Waals surface area contributed by atoms with Gasteiger partial charge < -0.3 is 5.32 Å². The number of thiophene rings is 1. The Morgan fingerprint density at radius 2 is 1.96 bits per heavy atom. The summed E-state index contributed by atoms with van der Waals surface area (Å²) in [6.45, 7) is 3.71. The first-order valence-corrected chi connectivity index (χ1v) is 9.35. The van der Waals surface area contributed by atoms with Crippen LogP contribution in [0.5, 0.6) is 0 Å². The Morgan fingerprint density at radius 3 is 2.67 bits per heavy atom. The number of carbonyl (C=O) groups excluding carboxylic acids is 1. The number of rotatable bonds is 4. The van der Waals surface area contributed by atoms with Crippen molar-refractivity contribution in [3.05, 3.63) is 63.9 Å². The summed E-state index contributed by atoms with van der Waals surface area (Å²) < 4.78 is 1.33. The molecule has 1 aromatic carbocycles. The van der Waals surface area contributed by atoms with Gasteiger partial charge in [-0.25, -0.2) is 4.68 Å². The summed E-state index contributed by atoms with van der Waals surface area (Å²) in [5.41, 5.74) is 0.807. The molecule has 0 unspecified atom stereocenters. The number of hydrogen-bond acceptors (Lipinski definition) is 5. The molecule has 0 saturated heterocycles. The topological polar surface area (TPSA) is 92.7 Å². The molecule has 4 aromatic rings. The van der Waals surface area contributed by atoms with Crippen molar-refractivity contribution in [2.24, 2.45) is 0 Å². The van der Waals surface area contributed by atoms with Crippen LogP contribution in [-0.4, -0.2) is 25.9 Å². The predicted octanol–water partition coefficient (Wildman–Crippen LogP) is 3.68. The maximum atomic E-state index is 12.9. The predicted molar refractivity (Wildman–Crippen MR) is 106 cm³/mol. The highest BCUT2D eigenvalue weighted by Gasteiger charge is 2.19. The minimum atomic E-state index is -0.412. The lowest BCUT2D eigenvalue weighted by Gasteiger charge is -2.12. The van der Waals surface area contributed by atoms with Crippen molar-refractivity contribution in [3.63, 3.8) is 0 Å². The van der Waals surface area contributed by atoms with Crippen LogP contribution in [0.15, 0.2) is 52.6 Å². The van der Waals surface area contributed by atoms with Gasteiger partial charge in [-0.2, -0.15) is 10.2 Å². The number of aromatic amines is 1. The van der Waals surface area contributed by atoms with E-state index in [-0.39, 0.29) is 17.3 Å². The summed E-state index contributed by atoms with van der Waals surface area (Å²) in [5, 5.41) is 17.1. The summed E-state index contributed by atoms with van der Waals surface area (Å²) >= 11 is 1.58. The van der Waals surface area contributed by atoms with Crippen LogP contribution < -0.4 is 10.9 Å². The second-order valence-electron chi connectivity index (χ2n) is 6.34. The normalized spacial score (nSPS) is 11.2. The van der Waals surface area contributed by atoms with E-state index in [0.717, 1.165) is 10.6 Å². The van der Waals surface area contributed by atoms with E-state index in [4.69, 9.17) is 0 Å². The van der Waals surface area contributed by atoms with E-state index in [0.29, 0.717) is 16.6 Å². The van der Waals surface area contributed by atoms with Gasteiger partial charge in [-0.1, -0.05) is 24.3 Å². The number of benzene rings is 1. The Labute approximate surface area is 158 Å². The second-order valence-corrected chi connectivity index (χ2v) is 7.28. The van der Waals surface area contributed by atoms with Crippen molar-refractivity contribution in [1.82, 2.24) is 20.0 Å². The zero-order valence-electron chi connectivity index (χ0n) is 14.8. The van der Waals surface area contributed by atoms with Crippen LogP contribution in [0, 0.1) is 0 Å². The molecule has 0 aliphatic rings. The average molecular weight is 379 g/mol. The van der Waals surface area contributed by atoms with E-state index in [2.05, 4.69) is 20.6 Å². The third-order valence-corrected chi connectivity index (χ3v) is 5.04. The number of fused-ring (bicyclic) bond motifs is 1. The average Bonchev–Trinajstić information content (AvgIpc) is 3.33. The fourth-order valence-electron chi connectivity index (χ4n) is 2.84. The molecule has 2 N–H and O–H groups in total. The molecular weight excluding hydrogens is 362 g/mol. The Hall–Kier alpha value is -3.26. The highest BCUT2D eigenvalue weighted by atomic mass is 32.1. The minimum Gasteiger partial charge on any atom is -0.304 e. The number of H-pyrrole nitrogens is 1. The van der Waals surface area contributed by atoms with Crippen LogP contribution in [0.3, 0.4) is 0 Å². The number of nitrogens with zero attached hydrogens (tertiary/aromatic N) is 3. The molecule has 0 aliphatic carbocycles. The molecule has 0 radical (unpaired) electrons. The summed E-state index contributed by atoms with van der Waals surface area (Å²) in [6.07, 6.45) is 0. The van der Waals surface area contributed by atoms with Gasteiger partial charge in [0.1, 0.15) is 0 Å². The maximum absolute atomic E-state index is 12.9. The molecule has 7 nitrogen and oxygen atoms in total. The molecule has 136 valence electrons. The van der Waals surface area contributed by atoms with Crippen LogP contribution in [0.4, 0.5) is 5.82 Å². The molecule has 0 saturated carbocycles. The number of carbonyl (C=O) groups is 1. The number of nitrogens with one attached hydrogen (secondary N) is 2. The van der Waals surface area contributed by atoms with E-state index in [9.17, 15) is 9.59 Å². The highest BCUT2D eigenvalue weighted by molar-refractivity contribution is 7.13. The van der Waals surface area contributed by atoms with Gasteiger partial charge in [0.15, 0.2) is 11.5 Å². The summed E-state index contributed by atoms with van der Waals surface area (Å²) in [5.74, 6) is -0.0126. The van der Waals surface area contributed by atoms with Crippen molar-refractivity contribution in [1.29, 1.82) is 0 Å². The van der Waals surface area contributed by atoms with Crippen LogP contribution in [0.25, 0.3) is 21.3 Å². The largest absolute Gasteiger partial charge is 0.304 e. The van der Waals surface area contributed by atoms with Crippen molar-refractivity contribution < 1.29 is 4.79 Å². The van der Waals surface area contributed by atoms with E-state index >= 15 is 0 Å². The zero-order chi connectivity index (χ0) is 19.0. The fraction of sp³-hybridized carbons (Fsp3) is 0.158. The Bertz CT molecular complexity index is 1170. The first-order chi connectivity index (χ1) is 13.0. The van der Waals surface area contributed by atoms with Gasteiger partial charge in [0.05, 0.1) is 22.0 Å². The lowest BCUT2D eigenvalue weighted by molar-refractivity contribution is 0.102. The van der Waals surface area contributed by atoms with Gasteiger partial charge in [0.25, 0.3) is 11.5 Å². The SMILES string of the molecule is CC(C)n1nc(C(=O)Nc2cc(-c3cccs3)[nH]n2)c2ccccc2c1=O. The molecule has 0 spiro atoms. The third kappa shape index (κ3) is 3.15. The van der Waals surface area contributed by atoms with Crippen LogP contribution in [0.1, 0.15) is 30.4 Å². The third-order valence-electron chi connectivity index (χ3n) is 4.14. The summed E-state index contributed by atoms with van der Waals surface area (Å²) in [7, 11) is 0. The second kappa shape index (κ2) is 6.81. The Balaban J connectivity index is 1.73. The van der Waals surface area contributed by atoms with E-state index in [1.165, 1.54) is 4.68 Å². The van der Waals surface area contributed by atoms with Gasteiger partial charge >= 0.3 is 0 Å². The van der Waals surface area contributed by atoms with Crippen molar-refractivity contribution in [2.45, 2.75) is 19.9 Å². The van der Waals surface area contributed by atoms with Crippen molar-refractivity contribution in [3.8, 4) is 10.6 Å². The fourth-order valence-corrected chi connectivity index (χ4v) is 3.54. The van der Waals surface area contributed by atoms with Crippen molar-refractivity contribution in [2.75, 3.05) is 5.32 Å². The molecule has 0 fully saturated rings. The molecule has 8 heteroatoms. The molecule has 3 heterocycles. The number of anilines is 1. The molecule has 4 rings (SSSR count). The van der Waals surface area contributed by atoms with Gasteiger partial charge in [-0.3, -0.25) is 14.7 Å². The lowest BCUT2D eigenvalue weighted by Crippen LogP contribution is -2.29. The smallest absolute Gasteiger partial charge is 0.277 e. The monoisotopic (exact) mass is 379 g/mol. The Kier molecular flexibility index (Phi) is 4.33. The first-order valence-electron chi connectivity index (χ1n) is 8.47. The first kappa shape index (κ1) is 17.2. The highest BCUT2D eigenvalue weighted by Crippen LogP contribution is 2.24. The molecule has 1 amide bonds. The molecule has 0 bridgehead atoms. The Morgan fingerprint density at radius 1 is 1.19 bits per heavy atom. The van der Waals surface area contributed by atoms with Crippen molar-refractivity contribution >= 4 is 33.8 Å². The standard InChI is InChI=1S/C19H17N5O2S/c1-11(2)24-19(26)13-7-4-3-6-12(13)17(23-24)18(25)20-16-10-14(21-22-16)15-8-5-9-27-15/h3-11H,1-2H3,(H2,20,21,22,25). The van der Waals surface area contributed by atoms with Crippen LogP contribution in [-0.2, 0) is 0 Å². The maximum Gasteiger partial charge on any atom is 0.277 e. The van der Waals surface area contributed by atoms with E-state index in [1.807, 2.05) is 31.4 Å². The molecule has 3 aromatic heterocycles. The van der Waals surface area contributed by atoms with Gasteiger partial charge in [-0.15, -0.1) is 11.3 Å². The van der Waals surface area contributed by atoms with Crippen LogP contribution in [0.2, 0.25) is 0 Å². The summed E-state index contributed by atoms with van der Waals surface area (Å²) in [6, 6.07) is 12.5.